The van der Waals surface area contributed by atoms with Gasteiger partial charge in [0, 0.05) is 33.0 Å². The summed E-state index contributed by atoms with van der Waals surface area (Å²) in [6.07, 6.45) is 0. The molecule has 2 aromatic rings. The molecule has 0 fully saturated rings. The molecule has 0 aliphatic rings. The van der Waals surface area contributed by atoms with Crippen molar-refractivity contribution in [3.8, 4) is 0 Å². The van der Waals surface area contributed by atoms with Gasteiger partial charge in [-0.3, -0.25) is 14.9 Å². The zero-order chi connectivity index (χ0) is 16.3. The molecule has 114 valence electrons. The molecule has 0 aliphatic heterocycles. The summed E-state index contributed by atoms with van der Waals surface area (Å²) in [4.78, 5) is 21.8. The predicted molar refractivity (Wildman–Crippen MR) is 92.8 cm³/mol. The lowest BCUT2D eigenvalue weighted by atomic mass is 10.1. The Kier molecular flexibility index (Phi) is 4.96. The first kappa shape index (κ1) is 16.2. The van der Waals surface area contributed by atoms with E-state index in [0.29, 0.717) is 5.56 Å². The Hall–Kier alpha value is -2.16. The fraction of sp³-hybridized carbons (Fsp3) is 0.133. The third kappa shape index (κ3) is 3.73. The molecular weight excluding hydrogens is 397 g/mol. The number of aryl methyl sites for hydroxylation is 1. The summed E-state index contributed by atoms with van der Waals surface area (Å²) in [6, 6.07) is 10.2. The Labute approximate surface area is 141 Å². The fourth-order valence-electron chi connectivity index (χ4n) is 2.05. The van der Waals surface area contributed by atoms with Crippen LogP contribution in [0, 0.1) is 20.6 Å². The number of carbonyl (C=O) groups excluding carboxylic acids is 1. The van der Waals surface area contributed by atoms with Gasteiger partial charge in [0.1, 0.15) is 0 Å². The van der Waals surface area contributed by atoms with Gasteiger partial charge in [-0.1, -0.05) is 0 Å². The number of nitrogens with zero attached hydrogens (tertiary/aromatic N) is 1. The van der Waals surface area contributed by atoms with Crippen molar-refractivity contribution in [2.75, 3.05) is 5.32 Å². The zero-order valence-electron chi connectivity index (χ0n) is 11.8. The summed E-state index contributed by atoms with van der Waals surface area (Å²) in [7, 11) is 0. The maximum Gasteiger partial charge on any atom is 0.275 e. The predicted octanol–water partition coefficient (Wildman–Crippen LogP) is 3.22. The fourth-order valence-corrected chi connectivity index (χ4v) is 2.70. The molecule has 7 heteroatoms. The number of hydrogen-bond acceptors (Lipinski definition) is 4. The van der Waals surface area contributed by atoms with E-state index in [2.05, 4.69) is 27.9 Å². The number of halogens is 1. The van der Waals surface area contributed by atoms with Gasteiger partial charge in [0.2, 0.25) is 5.91 Å². The van der Waals surface area contributed by atoms with Crippen LogP contribution in [-0.2, 0) is 6.54 Å². The lowest BCUT2D eigenvalue weighted by Gasteiger charge is -2.10. The van der Waals surface area contributed by atoms with Crippen molar-refractivity contribution in [1.82, 2.24) is 0 Å². The minimum atomic E-state index is -0.684. The number of benzene rings is 2. The summed E-state index contributed by atoms with van der Waals surface area (Å²) in [5, 5.41) is 14.3. The molecule has 0 saturated carbocycles. The quantitative estimate of drug-likeness (QED) is 0.449. The Balaban J connectivity index is 2.25. The number of nitrogens with one attached hydrogen (secondary N) is 1. The van der Waals surface area contributed by atoms with Crippen LogP contribution in [0.3, 0.4) is 0 Å². The number of rotatable bonds is 5. The largest absolute Gasteiger partial charge is 0.380 e. The molecular formula is C15H14IN3O3. The second kappa shape index (κ2) is 6.73. The standard InChI is InChI=1S/C15H14IN3O3/c1-9-6-12(16)4-5-13(9)18-8-11-3-2-10(15(17)20)7-14(11)19(21)22/h2-7,18H,8H2,1H3,(H2,17,20). The molecule has 0 spiro atoms. The Morgan fingerprint density at radius 2 is 2.05 bits per heavy atom. The van der Waals surface area contributed by atoms with Gasteiger partial charge in [0.05, 0.1) is 4.92 Å². The van der Waals surface area contributed by atoms with Crippen molar-refractivity contribution in [1.29, 1.82) is 0 Å². The Bertz CT molecular complexity index is 747. The second-order valence-corrected chi connectivity index (χ2v) is 6.02. The molecule has 2 aromatic carbocycles. The van der Waals surface area contributed by atoms with E-state index in [-0.39, 0.29) is 17.8 Å². The molecule has 0 radical (unpaired) electrons. The van der Waals surface area contributed by atoms with Crippen LogP contribution in [0.1, 0.15) is 21.5 Å². The highest BCUT2D eigenvalue weighted by Gasteiger charge is 2.16. The topological polar surface area (TPSA) is 98.3 Å². The smallest absolute Gasteiger partial charge is 0.275 e. The van der Waals surface area contributed by atoms with Crippen LogP contribution in [0.5, 0.6) is 0 Å². The lowest BCUT2D eigenvalue weighted by molar-refractivity contribution is -0.385. The minimum Gasteiger partial charge on any atom is -0.380 e. The number of nitrogens with two attached hydrogens (primary N) is 1. The minimum absolute atomic E-state index is 0.119. The number of anilines is 1. The summed E-state index contributed by atoms with van der Waals surface area (Å²) < 4.78 is 1.12. The van der Waals surface area contributed by atoms with Crippen LogP contribution < -0.4 is 11.1 Å². The van der Waals surface area contributed by atoms with Gasteiger partial charge in [0.25, 0.3) is 5.69 Å². The molecule has 0 saturated heterocycles. The van der Waals surface area contributed by atoms with Gasteiger partial charge in [0.15, 0.2) is 0 Å². The molecule has 2 rings (SSSR count). The molecule has 3 N–H and O–H groups in total. The van der Waals surface area contributed by atoms with E-state index in [0.717, 1.165) is 14.8 Å². The van der Waals surface area contributed by atoms with Crippen LogP contribution in [0.25, 0.3) is 0 Å². The second-order valence-electron chi connectivity index (χ2n) is 4.78. The van der Waals surface area contributed by atoms with Gasteiger partial charge < -0.3 is 11.1 Å². The maximum atomic E-state index is 11.1. The SMILES string of the molecule is Cc1cc(I)ccc1NCc1ccc(C(N)=O)cc1[N+](=O)[O-]. The van der Waals surface area contributed by atoms with E-state index in [1.807, 2.05) is 25.1 Å². The molecule has 0 heterocycles. The first-order chi connectivity index (χ1) is 10.4. The highest BCUT2D eigenvalue weighted by molar-refractivity contribution is 14.1. The van der Waals surface area contributed by atoms with Crippen molar-refractivity contribution in [3.63, 3.8) is 0 Å². The van der Waals surface area contributed by atoms with Crippen LogP contribution >= 0.6 is 22.6 Å². The zero-order valence-corrected chi connectivity index (χ0v) is 14.0. The number of carbonyl (C=O) groups is 1. The van der Waals surface area contributed by atoms with E-state index < -0.39 is 10.8 Å². The van der Waals surface area contributed by atoms with Crippen molar-refractivity contribution >= 4 is 39.9 Å². The van der Waals surface area contributed by atoms with E-state index in [9.17, 15) is 14.9 Å². The van der Waals surface area contributed by atoms with Gasteiger partial charge in [-0.15, -0.1) is 0 Å². The van der Waals surface area contributed by atoms with E-state index in [4.69, 9.17) is 5.73 Å². The Morgan fingerprint density at radius 3 is 2.64 bits per heavy atom. The van der Waals surface area contributed by atoms with E-state index >= 15 is 0 Å². The summed E-state index contributed by atoms with van der Waals surface area (Å²) >= 11 is 2.22. The average molecular weight is 411 g/mol. The summed E-state index contributed by atoms with van der Waals surface area (Å²) in [5.74, 6) is -0.684. The summed E-state index contributed by atoms with van der Waals surface area (Å²) in [6.45, 7) is 2.26. The number of amides is 1. The molecule has 22 heavy (non-hydrogen) atoms. The molecule has 0 aliphatic carbocycles. The monoisotopic (exact) mass is 411 g/mol. The number of hydrogen-bond donors (Lipinski definition) is 2. The van der Waals surface area contributed by atoms with Crippen LogP contribution in [0.2, 0.25) is 0 Å². The maximum absolute atomic E-state index is 11.1. The third-order valence-corrected chi connectivity index (χ3v) is 3.90. The first-order valence-corrected chi connectivity index (χ1v) is 7.53. The van der Waals surface area contributed by atoms with Crippen molar-refractivity contribution < 1.29 is 9.72 Å². The van der Waals surface area contributed by atoms with Gasteiger partial charge in [-0.05, 0) is 65.4 Å². The van der Waals surface area contributed by atoms with Gasteiger partial charge in [-0.2, -0.15) is 0 Å². The molecule has 1 amide bonds. The third-order valence-electron chi connectivity index (χ3n) is 3.22. The van der Waals surface area contributed by atoms with E-state index in [1.165, 1.54) is 12.1 Å². The molecule has 6 nitrogen and oxygen atoms in total. The normalized spacial score (nSPS) is 10.3. The molecule has 0 unspecified atom stereocenters. The highest BCUT2D eigenvalue weighted by Crippen LogP contribution is 2.23. The lowest BCUT2D eigenvalue weighted by Crippen LogP contribution is -2.12. The van der Waals surface area contributed by atoms with Gasteiger partial charge in [-0.25, -0.2) is 0 Å². The van der Waals surface area contributed by atoms with Crippen LogP contribution in [0.15, 0.2) is 36.4 Å². The summed E-state index contributed by atoms with van der Waals surface area (Å²) in [5.41, 5.74) is 7.62. The van der Waals surface area contributed by atoms with Gasteiger partial charge >= 0.3 is 0 Å². The number of nitro benzene ring substituents is 1. The molecule has 0 atom stereocenters. The molecule has 0 aromatic heterocycles. The van der Waals surface area contributed by atoms with Crippen molar-refractivity contribution in [2.45, 2.75) is 13.5 Å². The van der Waals surface area contributed by atoms with Crippen molar-refractivity contribution in [2.24, 2.45) is 5.73 Å². The van der Waals surface area contributed by atoms with E-state index in [1.54, 1.807) is 6.07 Å². The van der Waals surface area contributed by atoms with Crippen molar-refractivity contribution in [3.05, 3.63) is 66.8 Å². The molecule has 0 bridgehead atoms. The Morgan fingerprint density at radius 1 is 1.32 bits per heavy atom. The van der Waals surface area contributed by atoms with Crippen LogP contribution in [-0.4, -0.2) is 10.8 Å². The first-order valence-electron chi connectivity index (χ1n) is 6.45. The number of primary amides is 1. The average Bonchev–Trinajstić information content (AvgIpc) is 2.46. The highest BCUT2D eigenvalue weighted by atomic mass is 127. The number of nitro groups is 1. The van der Waals surface area contributed by atoms with Crippen LogP contribution in [0.4, 0.5) is 11.4 Å².